The van der Waals surface area contributed by atoms with Gasteiger partial charge < -0.3 is 4.74 Å². The third kappa shape index (κ3) is 3.33. The van der Waals surface area contributed by atoms with E-state index < -0.39 is 0 Å². The predicted octanol–water partition coefficient (Wildman–Crippen LogP) is 5.19. The number of nitrogens with zero attached hydrogens (tertiary/aromatic N) is 2. The molecule has 0 aliphatic heterocycles. The van der Waals surface area contributed by atoms with Gasteiger partial charge in [-0.25, -0.2) is 9.38 Å². The zero-order valence-electron chi connectivity index (χ0n) is 17.1. The Balaban J connectivity index is 1.24. The van der Waals surface area contributed by atoms with Crippen molar-refractivity contribution < 1.29 is 4.74 Å². The molecule has 2 heterocycles. The van der Waals surface area contributed by atoms with Gasteiger partial charge in [0.15, 0.2) is 4.96 Å². The van der Waals surface area contributed by atoms with E-state index in [4.69, 9.17) is 4.74 Å². The van der Waals surface area contributed by atoms with Gasteiger partial charge >= 0.3 is 0 Å². The van der Waals surface area contributed by atoms with Crippen molar-refractivity contribution in [2.75, 3.05) is 0 Å². The van der Waals surface area contributed by atoms with Crippen LogP contribution in [0.15, 0.2) is 95.8 Å². The Morgan fingerprint density at radius 2 is 1.66 bits per heavy atom. The molecule has 0 saturated heterocycles. The monoisotopic (exact) mass is 434 g/mol. The lowest BCUT2D eigenvalue weighted by atomic mass is 10.1. The number of thiazole rings is 1. The van der Waals surface area contributed by atoms with E-state index in [0.717, 1.165) is 32.9 Å². The minimum absolute atomic E-state index is 0.0321. The van der Waals surface area contributed by atoms with Crippen molar-refractivity contribution in [3.63, 3.8) is 0 Å². The van der Waals surface area contributed by atoms with Crippen LogP contribution in [0.1, 0.15) is 11.1 Å². The number of fused-ring (bicyclic) bond motifs is 4. The second kappa shape index (κ2) is 7.62. The molecule has 0 fully saturated rings. The van der Waals surface area contributed by atoms with Crippen LogP contribution in [0.5, 0.6) is 5.75 Å². The average Bonchev–Trinajstić information content (AvgIpc) is 3.34. The van der Waals surface area contributed by atoms with E-state index in [-0.39, 0.29) is 5.56 Å². The Morgan fingerprint density at radius 3 is 2.53 bits per heavy atom. The predicted molar refractivity (Wildman–Crippen MR) is 130 cm³/mol. The van der Waals surface area contributed by atoms with Crippen molar-refractivity contribution in [3.8, 4) is 5.75 Å². The highest BCUT2D eigenvalue weighted by atomic mass is 32.1. The summed E-state index contributed by atoms with van der Waals surface area (Å²) in [6.07, 6.45) is 1.91. The van der Waals surface area contributed by atoms with Crippen molar-refractivity contribution in [1.29, 1.82) is 0 Å². The second-order valence-corrected chi connectivity index (χ2v) is 8.68. The van der Waals surface area contributed by atoms with Crippen LogP contribution in [0.4, 0.5) is 0 Å². The van der Waals surface area contributed by atoms with Crippen LogP contribution < -0.4 is 14.8 Å². The van der Waals surface area contributed by atoms with E-state index in [1.165, 1.54) is 22.1 Å². The third-order valence-electron chi connectivity index (χ3n) is 5.54. The number of benzene rings is 4. The first-order chi connectivity index (χ1) is 15.7. The first-order valence-electron chi connectivity index (χ1n) is 10.4. The largest absolute Gasteiger partial charge is 0.489 e. The number of hydrogen-bond acceptors (Lipinski definition) is 4. The maximum atomic E-state index is 12.9. The van der Waals surface area contributed by atoms with Gasteiger partial charge in [0.2, 0.25) is 0 Å². The maximum absolute atomic E-state index is 12.9. The highest BCUT2D eigenvalue weighted by molar-refractivity contribution is 7.15. The average molecular weight is 435 g/mol. The standard InChI is InChI=1S/C27H18N2O2S/c30-26-25(32-27-28-23-7-3-4-8-24(23)29(26)27)16-18-10-13-22(14-11-18)31-17-19-9-12-20-5-1-2-6-21(20)15-19/h1-16H,17H2/b25-16+. The Labute approximate surface area is 187 Å². The third-order valence-corrected chi connectivity index (χ3v) is 6.51. The molecule has 0 amide bonds. The van der Waals surface area contributed by atoms with Gasteiger partial charge in [-0.2, -0.15) is 0 Å². The molecule has 4 aromatic carbocycles. The lowest BCUT2D eigenvalue weighted by Crippen LogP contribution is -2.22. The summed E-state index contributed by atoms with van der Waals surface area (Å²) in [4.78, 5) is 18.2. The van der Waals surface area contributed by atoms with Crippen LogP contribution in [0.25, 0.3) is 32.8 Å². The van der Waals surface area contributed by atoms with Crippen molar-refractivity contribution in [2.24, 2.45) is 0 Å². The summed E-state index contributed by atoms with van der Waals surface area (Å²) in [5.41, 5.74) is 3.74. The number of ether oxygens (including phenoxy) is 1. The number of para-hydroxylation sites is 2. The van der Waals surface area contributed by atoms with Crippen LogP contribution in [0, 0.1) is 0 Å². The molecule has 6 rings (SSSR count). The number of aromatic nitrogens is 2. The smallest absolute Gasteiger partial charge is 0.274 e. The highest BCUT2D eigenvalue weighted by Gasteiger charge is 2.10. The molecule has 0 unspecified atom stereocenters. The molecule has 0 saturated carbocycles. The summed E-state index contributed by atoms with van der Waals surface area (Å²) in [7, 11) is 0. The topological polar surface area (TPSA) is 43.6 Å². The summed E-state index contributed by atoms with van der Waals surface area (Å²) < 4.78 is 8.32. The normalized spacial score (nSPS) is 12.2. The van der Waals surface area contributed by atoms with Gasteiger partial charge in [-0.05, 0) is 58.3 Å². The van der Waals surface area contributed by atoms with Crippen LogP contribution in [-0.2, 0) is 6.61 Å². The molecule has 0 bridgehead atoms. The van der Waals surface area contributed by atoms with Gasteiger partial charge in [0.25, 0.3) is 5.56 Å². The van der Waals surface area contributed by atoms with Gasteiger partial charge in [0, 0.05) is 0 Å². The quantitative estimate of drug-likeness (QED) is 0.384. The fourth-order valence-corrected chi connectivity index (χ4v) is 4.91. The SMILES string of the molecule is O=c1/c(=C\c2ccc(OCc3ccc4ccccc4c3)cc2)sc2nc3ccccc3n12. The molecule has 0 spiro atoms. The fraction of sp³-hybridized carbons (Fsp3) is 0.0370. The Hall–Kier alpha value is -3.96. The van der Waals surface area contributed by atoms with E-state index in [2.05, 4.69) is 35.3 Å². The van der Waals surface area contributed by atoms with Gasteiger partial charge in [-0.1, -0.05) is 72.0 Å². The second-order valence-electron chi connectivity index (χ2n) is 7.67. The summed E-state index contributed by atoms with van der Waals surface area (Å²) in [5, 5.41) is 2.44. The van der Waals surface area contributed by atoms with E-state index in [1.807, 2.05) is 66.7 Å². The van der Waals surface area contributed by atoms with E-state index in [9.17, 15) is 4.79 Å². The summed E-state index contributed by atoms with van der Waals surface area (Å²) in [5.74, 6) is 0.796. The Bertz CT molecular complexity index is 1700. The van der Waals surface area contributed by atoms with Crippen molar-refractivity contribution in [1.82, 2.24) is 9.38 Å². The molecule has 154 valence electrons. The molecule has 0 N–H and O–H groups in total. The van der Waals surface area contributed by atoms with E-state index >= 15 is 0 Å². The van der Waals surface area contributed by atoms with Gasteiger partial charge in [0.05, 0.1) is 15.6 Å². The van der Waals surface area contributed by atoms with Crippen molar-refractivity contribution >= 4 is 44.2 Å². The van der Waals surface area contributed by atoms with Crippen LogP contribution >= 0.6 is 11.3 Å². The lowest BCUT2D eigenvalue weighted by Gasteiger charge is -2.07. The summed E-state index contributed by atoms with van der Waals surface area (Å²) in [6, 6.07) is 30.2. The van der Waals surface area contributed by atoms with Crippen molar-refractivity contribution in [2.45, 2.75) is 6.61 Å². The Kier molecular flexibility index (Phi) is 4.47. The molecule has 2 aromatic heterocycles. The highest BCUT2D eigenvalue weighted by Crippen LogP contribution is 2.19. The molecule has 0 radical (unpaired) electrons. The first-order valence-corrected chi connectivity index (χ1v) is 11.2. The maximum Gasteiger partial charge on any atom is 0.274 e. The fourth-order valence-electron chi connectivity index (χ4n) is 3.92. The molecule has 6 aromatic rings. The summed E-state index contributed by atoms with van der Waals surface area (Å²) >= 11 is 1.41. The first kappa shape index (κ1) is 18.8. The molecule has 0 aliphatic rings. The molecule has 4 nitrogen and oxygen atoms in total. The number of imidazole rings is 1. The number of hydrogen-bond donors (Lipinski definition) is 0. The minimum atomic E-state index is -0.0321. The van der Waals surface area contributed by atoms with Gasteiger partial charge in [0.1, 0.15) is 12.4 Å². The molecule has 32 heavy (non-hydrogen) atoms. The molecule has 0 atom stereocenters. The van der Waals surface area contributed by atoms with Crippen LogP contribution in [-0.4, -0.2) is 9.38 Å². The zero-order valence-corrected chi connectivity index (χ0v) is 17.9. The van der Waals surface area contributed by atoms with Crippen molar-refractivity contribution in [3.05, 3.63) is 117 Å². The van der Waals surface area contributed by atoms with Gasteiger partial charge in [-0.3, -0.25) is 4.79 Å². The zero-order chi connectivity index (χ0) is 21.5. The van der Waals surface area contributed by atoms with Gasteiger partial charge in [-0.15, -0.1) is 0 Å². The molecular formula is C27H18N2O2S. The lowest BCUT2D eigenvalue weighted by molar-refractivity contribution is 0.306. The van der Waals surface area contributed by atoms with Crippen LogP contribution in [0.2, 0.25) is 0 Å². The van der Waals surface area contributed by atoms with E-state index in [1.54, 1.807) is 4.40 Å². The van der Waals surface area contributed by atoms with E-state index in [0.29, 0.717) is 11.1 Å². The summed E-state index contributed by atoms with van der Waals surface area (Å²) in [6.45, 7) is 0.508. The minimum Gasteiger partial charge on any atom is -0.489 e. The Morgan fingerprint density at radius 1 is 0.875 bits per heavy atom. The molecule has 5 heteroatoms. The van der Waals surface area contributed by atoms with Crippen LogP contribution in [0.3, 0.4) is 0 Å². The molecular weight excluding hydrogens is 416 g/mol. The molecule has 0 aliphatic carbocycles. The number of rotatable bonds is 4.